The number of benzene rings is 1. The van der Waals surface area contributed by atoms with E-state index in [4.69, 9.17) is 23.2 Å². The molecule has 0 aliphatic rings. The Balaban J connectivity index is 3.28. The molecule has 0 amide bonds. The van der Waals surface area contributed by atoms with E-state index in [9.17, 15) is 8.42 Å². The summed E-state index contributed by atoms with van der Waals surface area (Å²) >= 11 is 11.9. The topological polar surface area (TPSA) is 61.4 Å². The van der Waals surface area contributed by atoms with Crippen LogP contribution in [0.4, 0.5) is 0 Å². The van der Waals surface area contributed by atoms with Crippen LogP contribution in [0.15, 0.2) is 17.0 Å². The minimum Gasteiger partial charge on any atom is -0.316 e. The maximum absolute atomic E-state index is 12.0. The van der Waals surface area contributed by atoms with Crippen LogP contribution >= 0.6 is 23.2 Å². The summed E-state index contributed by atoms with van der Waals surface area (Å²) in [6, 6.07) is 2.90. The molecule has 2 N–H and O–H groups in total. The molecule has 0 fully saturated rings. The highest BCUT2D eigenvalue weighted by atomic mass is 35.5. The van der Waals surface area contributed by atoms with Crippen molar-refractivity contribution in [3.05, 3.63) is 27.7 Å². The molecule has 0 aliphatic heterocycles. The SMILES string of the molecule is CNCc1cc(S(=O)(=O)NN(C)C)c(Cl)cc1Cl. The fourth-order valence-corrected chi connectivity index (χ4v) is 3.34. The Hall–Kier alpha value is -0.370. The zero-order valence-corrected chi connectivity index (χ0v) is 12.6. The van der Waals surface area contributed by atoms with Crippen LogP contribution in [-0.2, 0) is 16.6 Å². The lowest BCUT2D eigenvalue weighted by molar-refractivity contribution is 0.364. The number of nitrogens with zero attached hydrogens (tertiary/aromatic N) is 1. The molecule has 5 nitrogen and oxygen atoms in total. The highest BCUT2D eigenvalue weighted by Crippen LogP contribution is 2.28. The van der Waals surface area contributed by atoms with Crippen molar-refractivity contribution in [2.24, 2.45) is 0 Å². The molecule has 1 aromatic rings. The van der Waals surface area contributed by atoms with E-state index >= 15 is 0 Å². The molecular formula is C10H15Cl2N3O2S. The van der Waals surface area contributed by atoms with Gasteiger partial charge in [-0.15, -0.1) is 4.83 Å². The molecule has 0 unspecified atom stereocenters. The number of hydrazine groups is 1. The number of hydrogen-bond acceptors (Lipinski definition) is 4. The molecule has 102 valence electrons. The number of sulfonamides is 1. The fraction of sp³-hybridized carbons (Fsp3) is 0.400. The van der Waals surface area contributed by atoms with Crippen LogP contribution in [0.1, 0.15) is 5.56 Å². The zero-order valence-electron chi connectivity index (χ0n) is 10.3. The first-order valence-corrected chi connectivity index (χ1v) is 7.34. The van der Waals surface area contributed by atoms with Gasteiger partial charge in [0.2, 0.25) is 0 Å². The van der Waals surface area contributed by atoms with Crippen molar-refractivity contribution in [3.8, 4) is 0 Å². The molecule has 0 spiro atoms. The Labute approximate surface area is 117 Å². The largest absolute Gasteiger partial charge is 0.316 e. The first-order valence-electron chi connectivity index (χ1n) is 5.10. The lowest BCUT2D eigenvalue weighted by Crippen LogP contribution is -2.36. The molecule has 1 rings (SSSR count). The molecule has 18 heavy (non-hydrogen) atoms. The maximum atomic E-state index is 12.0. The summed E-state index contributed by atoms with van der Waals surface area (Å²) in [6.45, 7) is 0.459. The molecule has 0 atom stereocenters. The van der Waals surface area contributed by atoms with Crippen molar-refractivity contribution in [1.29, 1.82) is 0 Å². The molecule has 1 aromatic carbocycles. The normalized spacial score (nSPS) is 12.1. The van der Waals surface area contributed by atoms with Crippen molar-refractivity contribution in [3.63, 3.8) is 0 Å². The first kappa shape index (κ1) is 15.7. The third kappa shape index (κ3) is 3.81. The number of rotatable bonds is 5. The van der Waals surface area contributed by atoms with Crippen LogP contribution in [0.3, 0.4) is 0 Å². The number of hydrogen-bond donors (Lipinski definition) is 2. The van der Waals surface area contributed by atoms with Gasteiger partial charge >= 0.3 is 0 Å². The lowest BCUT2D eigenvalue weighted by Gasteiger charge is -2.15. The van der Waals surface area contributed by atoms with Gasteiger partial charge in [0, 0.05) is 25.7 Å². The van der Waals surface area contributed by atoms with E-state index in [0.29, 0.717) is 17.1 Å². The summed E-state index contributed by atoms with van der Waals surface area (Å²) in [5.41, 5.74) is 0.669. The summed E-state index contributed by atoms with van der Waals surface area (Å²) in [5.74, 6) is 0. The van der Waals surface area contributed by atoms with Crippen LogP contribution in [-0.4, -0.2) is 34.6 Å². The average Bonchev–Trinajstić information content (AvgIpc) is 2.19. The summed E-state index contributed by atoms with van der Waals surface area (Å²) < 4.78 is 24.1. The van der Waals surface area contributed by atoms with E-state index in [-0.39, 0.29) is 9.92 Å². The summed E-state index contributed by atoms with van der Waals surface area (Å²) in [7, 11) is 1.22. The standard InChI is InChI=1S/C10H15Cl2N3O2S/c1-13-6-7-4-10(9(12)5-8(7)11)18(16,17)14-15(2)3/h4-5,13-14H,6H2,1-3H3. The van der Waals surface area contributed by atoms with Crippen molar-refractivity contribution in [2.45, 2.75) is 11.4 Å². The van der Waals surface area contributed by atoms with E-state index in [2.05, 4.69) is 10.1 Å². The lowest BCUT2D eigenvalue weighted by atomic mass is 10.2. The van der Waals surface area contributed by atoms with Crippen LogP contribution < -0.4 is 10.1 Å². The van der Waals surface area contributed by atoms with E-state index in [1.165, 1.54) is 17.1 Å². The minimum atomic E-state index is -3.69. The Bertz CT molecular complexity index is 532. The van der Waals surface area contributed by atoms with Gasteiger partial charge in [0.15, 0.2) is 0 Å². The molecule has 0 heterocycles. The van der Waals surface area contributed by atoms with Gasteiger partial charge in [-0.1, -0.05) is 23.2 Å². The minimum absolute atomic E-state index is 0.00696. The Morgan fingerprint density at radius 2 is 1.83 bits per heavy atom. The Morgan fingerprint density at radius 1 is 1.22 bits per heavy atom. The second-order valence-electron chi connectivity index (χ2n) is 3.89. The summed E-state index contributed by atoms with van der Waals surface area (Å²) in [6.07, 6.45) is 0. The van der Waals surface area contributed by atoms with Crippen LogP contribution in [0.2, 0.25) is 10.0 Å². The van der Waals surface area contributed by atoms with Gasteiger partial charge in [-0.25, -0.2) is 13.4 Å². The quantitative estimate of drug-likeness (QED) is 0.808. The van der Waals surface area contributed by atoms with Gasteiger partial charge in [0.1, 0.15) is 4.90 Å². The van der Waals surface area contributed by atoms with Gasteiger partial charge in [0.25, 0.3) is 10.0 Å². The van der Waals surface area contributed by atoms with Crippen LogP contribution in [0.25, 0.3) is 0 Å². The van der Waals surface area contributed by atoms with Crippen molar-refractivity contribution in [2.75, 3.05) is 21.1 Å². The Kier molecular flexibility index (Phi) is 5.39. The average molecular weight is 312 g/mol. The molecule has 0 aromatic heterocycles. The molecular weight excluding hydrogens is 297 g/mol. The van der Waals surface area contributed by atoms with Gasteiger partial charge in [-0.05, 0) is 24.7 Å². The van der Waals surface area contributed by atoms with Gasteiger partial charge in [-0.3, -0.25) is 0 Å². The Morgan fingerprint density at radius 3 is 2.33 bits per heavy atom. The predicted molar refractivity (Wildman–Crippen MR) is 73.2 cm³/mol. The van der Waals surface area contributed by atoms with E-state index in [1.807, 2.05) is 0 Å². The van der Waals surface area contributed by atoms with E-state index in [1.54, 1.807) is 21.1 Å². The molecule has 0 bridgehead atoms. The van der Waals surface area contributed by atoms with E-state index < -0.39 is 10.0 Å². The maximum Gasteiger partial charge on any atom is 0.254 e. The van der Waals surface area contributed by atoms with E-state index in [0.717, 1.165) is 0 Å². The van der Waals surface area contributed by atoms with Crippen molar-refractivity contribution in [1.82, 2.24) is 15.2 Å². The third-order valence-electron chi connectivity index (χ3n) is 2.06. The highest BCUT2D eigenvalue weighted by Gasteiger charge is 2.20. The van der Waals surface area contributed by atoms with Crippen LogP contribution in [0, 0.1) is 0 Å². The van der Waals surface area contributed by atoms with Gasteiger partial charge in [0.05, 0.1) is 5.02 Å². The molecule has 8 heteroatoms. The first-order chi connectivity index (χ1) is 8.27. The van der Waals surface area contributed by atoms with Crippen molar-refractivity contribution >= 4 is 33.2 Å². The third-order valence-corrected chi connectivity index (χ3v) is 4.36. The summed E-state index contributed by atoms with van der Waals surface area (Å²) in [5, 5.41) is 4.76. The predicted octanol–water partition coefficient (Wildman–Crippen LogP) is 1.47. The van der Waals surface area contributed by atoms with Gasteiger partial charge < -0.3 is 5.32 Å². The summed E-state index contributed by atoms with van der Waals surface area (Å²) in [4.78, 5) is 2.33. The molecule has 0 saturated heterocycles. The number of nitrogens with one attached hydrogen (secondary N) is 2. The zero-order chi connectivity index (χ0) is 13.9. The molecule has 0 saturated carbocycles. The monoisotopic (exact) mass is 311 g/mol. The second-order valence-corrected chi connectivity index (χ2v) is 6.34. The van der Waals surface area contributed by atoms with Crippen molar-refractivity contribution < 1.29 is 8.42 Å². The molecule has 0 aliphatic carbocycles. The van der Waals surface area contributed by atoms with Crippen LogP contribution in [0.5, 0.6) is 0 Å². The van der Waals surface area contributed by atoms with Gasteiger partial charge in [-0.2, -0.15) is 0 Å². The highest BCUT2D eigenvalue weighted by molar-refractivity contribution is 7.89. The fourth-order valence-electron chi connectivity index (χ4n) is 1.39. The smallest absolute Gasteiger partial charge is 0.254 e. The number of halogens is 2. The molecule has 0 radical (unpaired) electrons. The second kappa shape index (κ2) is 6.18.